The van der Waals surface area contributed by atoms with Crippen molar-refractivity contribution in [1.82, 2.24) is 5.32 Å². The van der Waals surface area contributed by atoms with Gasteiger partial charge in [0.1, 0.15) is 6.10 Å². The molecule has 1 heterocycles. The molecule has 0 bridgehead atoms. The van der Waals surface area contributed by atoms with E-state index in [0.29, 0.717) is 0 Å². The molecule has 0 radical (unpaired) electrons. The summed E-state index contributed by atoms with van der Waals surface area (Å²) >= 11 is 0. The Kier molecular flexibility index (Phi) is 2.39. The Morgan fingerprint density at radius 2 is 2.07 bits per heavy atom. The molecule has 14 heavy (non-hydrogen) atoms. The predicted octanol–water partition coefficient (Wildman–Crippen LogP) is 1.73. The third-order valence-corrected chi connectivity index (χ3v) is 2.46. The van der Waals surface area contributed by atoms with Crippen LogP contribution in [0.15, 0.2) is 30.3 Å². The van der Waals surface area contributed by atoms with Gasteiger partial charge in [-0.25, -0.2) is 4.79 Å². The summed E-state index contributed by atoms with van der Waals surface area (Å²) < 4.78 is 5.00. The van der Waals surface area contributed by atoms with Crippen LogP contribution in [0.25, 0.3) is 0 Å². The molecule has 2 atom stereocenters. The van der Waals surface area contributed by atoms with Crippen molar-refractivity contribution >= 4 is 6.09 Å². The van der Waals surface area contributed by atoms with Crippen molar-refractivity contribution < 1.29 is 9.53 Å². The van der Waals surface area contributed by atoms with Gasteiger partial charge in [-0.2, -0.15) is 0 Å². The molecular formula is C11H13NO2. The lowest BCUT2D eigenvalue weighted by Gasteiger charge is -2.11. The fourth-order valence-electron chi connectivity index (χ4n) is 1.64. The molecule has 0 saturated carbocycles. The largest absolute Gasteiger partial charge is 0.444 e. The van der Waals surface area contributed by atoms with E-state index in [9.17, 15) is 4.79 Å². The maximum atomic E-state index is 10.9. The SMILES string of the molecule is C[C@H]1OC(=O)N[C@@H]1Cc1ccccc1. The lowest BCUT2D eigenvalue weighted by atomic mass is 10.0. The van der Waals surface area contributed by atoms with Crippen molar-refractivity contribution in [2.75, 3.05) is 0 Å². The van der Waals surface area contributed by atoms with Crippen molar-refractivity contribution in [3.05, 3.63) is 35.9 Å². The Morgan fingerprint density at radius 3 is 2.64 bits per heavy atom. The molecule has 1 amide bonds. The van der Waals surface area contributed by atoms with Crippen molar-refractivity contribution in [3.8, 4) is 0 Å². The number of benzene rings is 1. The monoisotopic (exact) mass is 191 g/mol. The zero-order chi connectivity index (χ0) is 9.97. The molecule has 0 aromatic heterocycles. The van der Waals surface area contributed by atoms with Crippen LogP contribution in [0.1, 0.15) is 12.5 Å². The number of nitrogens with one attached hydrogen (secondary N) is 1. The average Bonchev–Trinajstić information content (AvgIpc) is 2.47. The van der Waals surface area contributed by atoms with E-state index in [4.69, 9.17) is 4.74 Å². The smallest absolute Gasteiger partial charge is 0.407 e. The zero-order valence-corrected chi connectivity index (χ0v) is 8.07. The topological polar surface area (TPSA) is 38.3 Å². The summed E-state index contributed by atoms with van der Waals surface area (Å²) in [6, 6.07) is 10.2. The first-order chi connectivity index (χ1) is 6.75. The summed E-state index contributed by atoms with van der Waals surface area (Å²) in [6.45, 7) is 1.91. The van der Waals surface area contributed by atoms with Crippen molar-refractivity contribution in [2.24, 2.45) is 0 Å². The Bertz CT molecular complexity index is 323. The molecule has 1 saturated heterocycles. The van der Waals surface area contributed by atoms with E-state index in [0.717, 1.165) is 6.42 Å². The highest BCUT2D eigenvalue weighted by molar-refractivity contribution is 5.70. The highest BCUT2D eigenvalue weighted by atomic mass is 16.6. The number of amides is 1. The summed E-state index contributed by atoms with van der Waals surface area (Å²) in [7, 11) is 0. The van der Waals surface area contributed by atoms with Gasteiger partial charge in [0.15, 0.2) is 0 Å². The van der Waals surface area contributed by atoms with Gasteiger partial charge in [-0.1, -0.05) is 30.3 Å². The Morgan fingerprint density at radius 1 is 1.36 bits per heavy atom. The molecule has 1 N–H and O–H groups in total. The number of hydrogen-bond donors (Lipinski definition) is 1. The van der Waals surface area contributed by atoms with E-state index < -0.39 is 0 Å². The molecule has 0 aliphatic carbocycles. The van der Waals surface area contributed by atoms with Gasteiger partial charge < -0.3 is 10.1 Å². The van der Waals surface area contributed by atoms with Crippen LogP contribution in [-0.2, 0) is 11.2 Å². The minimum absolute atomic E-state index is 0.0392. The molecule has 1 aromatic rings. The summed E-state index contributed by atoms with van der Waals surface area (Å²) in [6.07, 6.45) is 0.481. The van der Waals surface area contributed by atoms with Crippen LogP contribution in [0.5, 0.6) is 0 Å². The van der Waals surface area contributed by atoms with Crippen LogP contribution in [0, 0.1) is 0 Å². The van der Waals surface area contributed by atoms with Crippen LogP contribution in [0.4, 0.5) is 4.79 Å². The maximum Gasteiger partial charge on any atom is 0.407 e. The van der Waals surface area contributed by atoms with Gasteiger partial charge in [-0.15, -0.1) is 0 Å². The molecule has 1 aromatic carbocycles. The van der Waals surface area contributed by atoms with Crippen LogP contribution in [-0.4, -0.2) is 18.2 Å². The molecule has 74 valence electrons. The number of alkyl carbamates (subject to hydrolysis) is 1. The number of cyclic esters (lactones) is 1. The molecule has 1 fully saturated rings. The Balaban J connectivity index is 2.02. The van der Waals surface area contributed by atoms with Crippen molar-refractivity contribution in [3.63, 3.8) is 0 Å². The fraction of sp³-hybridized carbons (Fsp3) is 0.364. The highest BCUT2D eigenvalue weighted by Crippen LogP contribution is 2.13. The first kappa shape index (κ1) is 9.06. The third kappa shape index (κ3) is 1.87. The van der Waals surface area contributed by atoms with Crippen molar-refractivity contribution in [2.45, 2.75) is 25.5 Å². The van der Waals surface area contributed by atoms with Gasteiger partial charge in [0, 0.05) is 0 Å². The van der Waals surface area contributed by atoms with Crippen LogP contribution in [0.2, 0.25) is 0 Å². The summed E-state index contributed by atoms with van der Waals surface area (Å²) in [5, 5.41) is 2.79. The second-order valence-corrected chi connectivity index (χ2v) is 3.55. The highest BCUT2D eigenvalue weighted by Gasteiger charge is 2.29. The molecule has 3 heteroatoms. The Hall–Kier alpha value is -1.51. The molecular weight excluding hydrogens is 178 g/mol. The first-order valence-corrected chi connectivity index (χ1v) is 4.77. The normalized spacial score (nSPS) is 25.6. The third-order valence-electron chi connectivity index (χ3n) is 2.46. The lowest BCUT2D eigenvalue weighted by Crippen LogP contribution is -2.32. The van der Waals surface area contributed by atoms with Gasteiger partial charge in [0.2, 0.25) is 0 Å². The van der Waals surface area contributed by atoms with E-state index in [1.807, 2.05) is 25.1 Å². The summed E-state index contributed by atoms with van der Waals surface area (Å²) in [5.41, 5.74) is 1.22. The summed E-state index contributed by atoms with van der Waals surface area (Å²) in [4.78, 5) is 10.9. The molecule has 1 aliphatic heterocycles. The number of carbonyl (C=O) groups is 1. The van der Waals surface area contributed by atoms with Gasteiger partial charge in [-0.05, 0) is 18.9 Å². The average molecular weight is 191 g/mol. The van der Waals surface area contributed by atoms with E-state index >= 15 is 0 Å². The molecule has 3 nitrogen and oxygen atoms in total. The minimum atomic E-state index is -0.307. The van der Waals surface area contributed by atoms with E-state index in [-0.39, 0.29) is 18.2 Å². The number of carbonyl (C=O) groups excluding carboxylic acids is 1. The van der Waals surface area contributed by atoms with E-state index in [2.05, 4.69) is 17.4 Å². The van der Waals surface area contributed by atoms with Crippen LogP contribution >= 0.6 is 0 Å². The number of ether oxygens (including phenoxy) is 1. The molecule has 0 unspecified atom stereocenters. The summed E-state index contributed by atoms with van der Waals surface area (Å²) in [5.74, 6) is 0. The predicted molar refractivity (Wildman–Crippen MR) is 53.0 cm³/mol. The second kappa shape index (κ2) is 3.70. The zero-order valence-electron chi connectivity index (χ0n) is 8.07. The number of rotatable bonds is 2. The second-order valence-electron chi connectivity index (χ2n) is 3.55. The maximum absolute atomic E-state index is 10.9. The fourth-order valence-corrected chi connectivity index (χ4v) is 1.64. The lowest BCUT2D eigenvalue weighted by molar-refractivity contribution is 0.141. The quantitative estimate of drug-likeness (QED) is 0.773. The molecule has 2 rings (SSSR count). The van der Waals surface area contributed by atoms with Crippen LogP contribution < -0.4 is 5.32 Å². The van der Waals surface area contributed by atoms with E-state index in [1.165, 1.54) is 5.56 Å². The van der Waals surface area contributed by atoms with Gasteiger partial charge in [-0.3, -0.25) is 0 Å². The van der Waals surface area contributed by atoms with Gasteiger partial charge >= 0.3 is 6.09 Å². The molecule has 1 aliphatic rings. The number of hydrogen-bond acceptors (Lipinski definition) is 2. The molecule has 0 spiro atoms. The van der Waals surface area contributed by atoms with Crippen LogP contribution in [0.3, 0.4) is 0 Å². The van der Waals surface area contributed by atoms with Gasteiger partial charge in [0.05, 0.1) is 6.04 Å². The van der Waals surface area contributed by atoms with E-state index in [1.54, 1.807) is 0 Å². The minimum Gasteiger partial charge on any atom is -0.444 e. The van der Waals surface area contributed by atoms with Crippen molar-refractivity contribution in [1.29, 1.82) is 0 Å². The first-order valence-electron chi connectivity index (χ1n) is 4.77. The standard InChI is InChI=1S/C11H13NO2/c1-8-10(12-11(13)14-8)7-9-5-3-2-4-6-9/h2-6,8,10H,7H2,1H3,(H,12,13)/t8-,10-/m1/s1. The van der Waals surface area contributed by atoms with Gasteiger partial charge in [0.25, 0.3) is 0 Å². The Labute approximate surface area is 83.1 Å².